The summed E-state index contributed by atoms with van der Waals surface area (Å²) in [6.07, 6.45) is 6.65. The number of ether oxygens (including phenoxy) is 1. The Morgan fingerprint density at radius 3 is 2.97 bits per heavy atom. The van der Waals surface area contributed by atoms with Crippen LogP contribution in [0.3, 0.4) is 0 Å². The first-order valence-corrected chi connectivity index (χ1v) is 11.7. The zero-order chi connectivity index (χ0) is 22.3. The van der Waals surface area contributed by atoms with Crippen LogP contribution in [0, 0.1) is 0 Å². The summed E-state index contributed by atoms with van der Waals surface area (Å²) in [4.78, 5) is 4.37. The molecule has 1 aliphatic heterocycles. The number of aryl methyl sites for hydroxylation is 2. The lowest BCUT2D eigenvalue weighted by molar-refractivity contribution is 0.336. The van der Waals surface area contributed by atoms with E-state index in [1.165, 1.54) is 19.3 Å². The van der Waals surface area contributed by atoms with Gasteiger partial charge in [-0.15, -0.1) is 34.2 Å². The number of aliphatic imine (C=N–C) groups is 1. The number of hydrogen-bond donors (Lipinski definition) is 2. The van der Waals surface area contributed by atoms with Crippen LogP contribution in [0.2, 0.25) is 0 Å². The molecule has 0 aliphatic carbocycles. The maximum absolute atomic E-state index is 6.11. The SMILES string of the molecule is CCOc1cccc2cc(C(C)NC(=NC)NCCCc3nnc4n3CCCCC4)oc12.I. The smallest absolute Gasteiger partial charge is 0.191 e. The van der Waals surface area contributed by atoms with Crippen molar-refractivity contribution in [1.82, 2.24) is 25.4 Å². The van der Waals surface area contributed by atoms with E-state index in [0.717, 1.165) is 72.4 Å². The number of fused-ring (bicyclic) bond motifs is 2. The molecule has 0 bridgehead atoms. The Bertz CT molecular complexity index is 1060. The maximum atomic E-state index is 6.11. The lowest BCUT2D eigenvalue weighted by atomic mass is 10.2. The number of guanidine groups is 1. The van der Waals surface area contributed by atoms with Gasteiger partial charge < -0.3 is 24.4 Å². The molecule has 0 amide bonds. The minimum absolute atomic E-state index is 0. The van der Waals surface area contributed by atoms with Crippen molar-refractivity contribution < 1.29 is 9.15 Å². The summed E-state index contributed by atoms with van der Waals surface area (Å²) in [5.41, 5.74) is 0.786. The highest BCUT2D eigenvalue weighted by Crippen LogP contribution is 2.31. The van der Waals surface area contributed by atoms with Crippen LogP contribution in [0.15, 0.2) is 33.7 Å². The van der Waals surface area contributed by atoms with Crippen molar-refractivity contribution in [3.63, 3.8) is 0 Å². The van der Waals surface area contributed by atoms with E-state index in [-0.39, 0.29) is 30.0 Å². The third-order valence-corrected chi connectivity index (χ3v) is 5.89. The average molecular weight is 566 g/mol. The van der Waals surface area contributed by atoms with Crippen molar-refractivity contribution >= 4 is 40.9 Å². The third-order valence-electron chi connectivity index (χ3n) is 5.89. The number of benzene rings is 1. The summed E-state index contributed by atoms with van der Waals surface area (Å²) in [6, 6.07) is 7.98. The molecular formula is C24H35IN6O2. The molecule has 3 aromatic rings. The largest absolute Gasteiger partial charge is 0.490 e. The summed E-state index contributed by atoms with van der Waals surface area (Å²) < 4.78 is 14.1. The normalized spacial score (nSPS) is 14.8. The van der Waals surface area contributed by atoms with E-state index >= 15 is 0 Å². The van der Waals surface area contributed by atoms with E-state index < -0.39 is 0 Å². The Morgan fingerprint density at radius 1 is 1.27 bits per heavy atom. The molecule has 0 spiro atoms. The van der Waals surface area contributed by atoms with Crippen LogP contribution in [0.4, 0.5) is 0 Å². The van der Waals surface area contributed by atoms with Crippen molar-refractivity contribution in [3.8, 4) is 5.75 Å². The molecule has 1 atom stereocenters. The first kappa shape index (κ1) is 25.3. The molecule has 1 aliphatic rings. The summed E-state index contributed by atoms with van der Waals surface area (Å²) in [7, 11) is 1.78. The van der Waals surface area contributed by atoms with Gasteiger partial charge in [-0.25, -0.2) is 0 Å². The van der Waals surface area contributed by atoms with Crippen LogP contribution < -0.4 is 15.4 Å². The summed E-state index contributed by atoms with van der Waals surface area (Å²) in [5, 5.41) is 16.7. The Kier molecular flexibility index (Phi) is 9.40. The fourth-order valence-electron chi connectivity index (χ4n) is 4.19. The molecule has 0 fully saturated rings. The fraction of sp³-hybridized carbons (Fsp3) is 0.542. The number of para-hydroxylation sites is 1. The van der Waals surface area contributed by atoms with Gasteiger partial charge in [-0.2, -0.15) is 0 Å². The number of halogens is 1. The van der Waals surface area contributed by atoms with E-state index in [1.807, 2.05) is 25.1 Å². The molecule has 0 saturated carbocycles. The van der Waals surface area contributed by atoms with Crippen LogP contribution in [0.25, 0.3) is 11.0 Å². The Labute approximate surface area is 212 Å². The van der Waals surface area contributed by atoms with Gasteiger partial charge in [-0.1, -0.05) is 18.6 Å². The van der Waals surface area contributed by atoms with Crippen molar-refractivity contribution in [2.45, 2.75) is 65.0 Å². The number of nitrogens with one attached hydrogen (secondary N) is 2. The molecule has 1 unspecified atom stereocenters. The maximum Gasteiger partial charge on any atom is 0.191 e. The van der Waals surface area contributed by atoms with Gasteiger partial charge in [0, 0.05) is 38.4 Å². The molecule has 1 aromatic carbocycles. The zero-order valence-corrected chi connectivity index (χ0v) is 22.1. The van der Waals surface area contributed by atoms with Gasteiger partial charge in [0.25, 0.3) is 0 Å². The summed E-state index contributed by atoms with van der Waals surface area (Å²) in [6.45, 7) is 6.51. The van der Waals surface area contributed by atoms with Gasteiger partial charge in [0.15, 0.2) is 17.3 Å². The minimum Gasteiger partial charge on any atom is -0.490 e. The molecule has 180 valence electrons. The molecule has 2 N–H and O–H groups in total. The second kappa shape index (κ2) is 12.2. The standard InChI is InChI=1S/C24H34N6O2.HI/c1-4-31-19-11-8-10-18-16-20(32-23(18)19)17(2)27-24(25-3)26-14-9-13-22-29-28-21-12-6-5-7-15-30(21)22;/h8,10-11,16-17H,4-7,9,12-15H2,1-3H3,(H2,25,26,27);1H. The van der Waals surface area contributed by atoms with Crippen molar-refractivity contribution in [3.05, 3.63) is 41.7 Å². The molecule has 3 heterocycles. The van der Waals surface area contributed by atoms with Crippen LogP contribution in [-0.4, -0.2) is 40.9 Å². The van der Waals surface area contributed by atoms with Crippen molar-refractivity contribution in [2.75, 3.05) is 20.2 Å². The van der Waals surface area contributed by atoms with Gasteiger partial charge in [-0.3, -0.25) is 4.99 Å². The van der Waals surface area contributed by atoms with Crippen LogP contribution in [-0.2, 0) is 19.4 Å². The Balaban J connectivity index is 0.00000306. The van der Waals surface area contributed by atoms with Crippen molar-refractivity contribution in [1.29, 1.82) is 0 Å². The Hall–Kier alpha value is -2.30. The second-order valence-electron chi connectivity index (χ2n) is 8.22. The first-order chi connectivity index (χ1) is 15.7. The molecule has 33 heavy (non-hydrogen) atoms. The summed E-state index contributed by atoms with van der Waals surface area (Å²) in [5.74, 6) is 4.63. The van der Waals surface area contributed by atoms with E-state index in [2.05, 4.69) is 43.4 Å². The predicted molar refractivity (Wildman–Crippen MR) is 142 cm³/mol. The van der Waals surface area contributed by atoms with Crippen LogP contribution in [0.5, 0.6) is 5.75 Å². The molecule has 0 radical (unpaired) electrons. The van der Waals surface area contributed by atoms with E-state index in [1.54, 1.807) is 7.05 Å². The lowest BCUT2D eigenvalue weighted by Crippen LogP contribution is -2.39. The highest BCUT2D eigenvalue weighted by Gasteiger charge is 2.16. The number of nitrogens with zero attached hydrogens (tertiary/aromatic N) is 4. The molecule has 4 rings (SSSR count). The quantitative estimate of drug-likeness (QED) is 0.179. The Morgan fingerprint density at radius 2 is 2.15 bits per heavy atom. The van der Waals surface area contributed by atoms with Gasteiger partial charge in [0.1, 0.15) is 17.4 Å². The van der Waals surface area contributed by atoms with Gasteiger partial charge in [-0.05, 0) is 45.2 Å². The molecule has 2 aromatic heterocycles. The monoisotopic (exact) mass is 566 g/mol. The molecule has 8 nitrogen and oxygen atoms in total. The van der Waals surface area contributed by atoms with Gasteiger partial charge in [0.05, 0.1) is 12.6 Å². The average Bonchev–Trinajstić information content (AvgIpc) is 3.33. The highest BCUT2D eigenvalue weighted by atomic mass is 127. The number of rotatable bonds is 8. The topological polar surface area (TPSA) is 89.5 Å². The summed E-state index contributed by atoms with van der Waals surface area (Å²) >= 11 is 0. The first-order valence-electron chi connectivity index (χ1n) is 11.7. The van der Waals surface area contributed by atoms with Crippen LogP contribution >= 0.6 is 24.0 Å². The second-order valence-corrected chi connectivity index (χ2v) is 8.22. The third kappa shape index (κ3) is 6.18. The zero-order valence-electron chi connectivity index (χ0n) is 19.8. The molecule has 9 heteroatoms. The number of hydrogen-bond acceptors (Lipinski definition) is 5. The van der Waals surface area contributed by atoms with E-state index in [4.69, 9.17) is 9.15 Å². The lowest BCUT2D eigenvalue weighted by Gasteiger charge is -2.16. The fourth-order valence-corrected chi connectivity index (χ4v) is 4.19. The predicted octanol–water partition coefficient (Wildman–Crippen LogP) is 4.63. The minimum atomic E-state index is -0.0321. The van der Waals surface area contributed by atoms with Crippen molar-refractivity contribution in [2.24, 2.45) is 4.99 Å². The molecule has 0 saturated heterocycles. The highest BCUT2D eigenvalue weighted by molar-refractivity contribution is 14.0. The van der Waals surface area contributed by atoms with Crippen LogP contribution in [0.1, 0.15) is 63.0 Å². The van der Waals surface area contributed by atoms with Gasteiger partial charge >= 0.3 is 0 Å². The molecular weight excluding hydrogens is 531 g/mol. The van der Waals surface area contributed by atoms with E-state index in [9.17, 15) is 0 Å². The van der Waals surface area contributed by atoms with E-state index in [0.29, 0.717) is 6.61 Å². The van der Waals surface area contributed by atoms with Gasteiger partial charge in [0.2, 0.25) is 0 Å². The number of furan rings is 1. The number of aromatic nitrogens is 3.